The number of aryl methyl sites for hydroxylation is 1. The smallest absolute Gasteiger partial charge is 0.278 e. The third-order valence-corrected chi connectivity index (χ3v) is 5.58. The summed E-state index contributed by atoms with van der Waals surface area (Å²) in [4.78, 5) is 32.4. The standard InChI is InChI=1S/C25H22ClN3O4/c1-15-7-9-17(26)13-19(15)28-23-22(16-8-10-20(32-2)21(12-16)33-3)24(30)29(25(23)31)14-18-6-4-5-11-27-18/h4-13,28H,14H2,1-3H3. The molecule has 0 fully saturated rings. The van der Waals surface area contributed by atoms with Gasteiger partial charge in [-0.25, -0.2) is 0 Å². The van der Waals surface area contributed by atoms with E-state index in [1.807, 2.05) is 19.1 Å². The Morgan fingerprint density at radius 3 is 2.45 bits per heavy atom. The summed E-state index contributed by atoms with van der Waals surface area (Å²) in [7, 11) is 3.05. The Hall–Kier alpha value is -3.84. The van der Waals surface area contributed by atoms with Gasteiger partial charge in [0.15, 0.2) is 11.5 Å². The molecule has 2 aromatic carbocycles. The molecule has 0 saturated heterocycles. The number of benzene rings is 2. The molecule has 168 valence electrons. The first-order chi connectivity index (χ1) is 15.9. The van der Waals surface area contributed by atoms with Crippen molar-refractivity contribution in [1.29, 1.82) is 0 Å². The molecule has 0 unspecified atom stereocenters. The number of anilines is 1. The highest BCUT2D eigenvalue weighted by Crippen LogP contribution is 2.36. The van der Waals surface area contributed by atoms with E-state index in [4.69, 9.17) is 21.1 Å². The molecule has 8 heteroatoms. The fourth-order valence-corrected chi connectivity index (χ4v) is 3.78. The van der Waals surface area contributed by atoms with E-state index in [9.17, 15) is 9.59 Å². The third kappa shape index (κ3) is 4.40. The van der Waals surface area contributed by atoms with Crippen LogP contribution in [0.4, 0.5) is 5.69 Å². The predicted molar refractivity (Wildman–Crippen MR) is 126 cm³/mol. The van der Waals surface area contributed by atoms with E-state index in [1.165, 1.54) is 19.1 Å². The van der Waals surface area contributed by atoms with E-state index in [1.54, 1.807) is 48.7 Å². The molecule has 3 aromatic rings. The van der Waals surface area contributed by atoms with Gasteiger partial charge in [-0.3, -0.25) is 19.5 Å². The second-order valence-electron chi connectivity index (χ2n) is 7.42. The molecule has 33 heavy (non-hydrogen) atoms. The zero-order chi connectivity index (χ0) is 23.5. The lowest BCUT2D eigenvalue weighted by atomic mass is 10.0. The number of hydrogen-bond acceptors (Lipinski definition) is 6. The Bertz CT molecular complexity index is 1260. The van der Waals surface area contributed by atoms with Crippen molar-refractivity contribution in [2.75, 3.05) is 19.5 Å². The molecule has 4 rings (SSSR count). The molecule has 0 spiro atoms. The maximum absolute atomic E-state index is 13.5. The van der Waals surface area contributed by atoms with E-state index in [0.29, 0.717) is 33.5 Å². The van der Waals surface area contributed by atoms with E-state index >= 15 is 0 Å². The zero-order valence-electron chi connectivity index (χ0n) is 18.4. The average molecular weight is 464 g/mol. The number of pyridine rings is 1. The van der Waals surface area contributed by atoms with Crippen LogP contribution in [0.25, 0.3) is 5.57 Å². The third-order valence-electron chi connectivity index (χ3n) is 5.35. The van der Waals surface area contributed by atoms with Crippen LogP contribution >= 0.6 is 11.6 Å². The number of imide groups is 1. The van der Waals surface area contributed by atoms with Crippen LogP contribution in [0.3, 0.4) is 0 Å². The predicted octanol–water partition coefficient (Wildman–Crippen LogP) is 4.45. The summed E-state index contributed by atoms with van der Waals surface area (Å²) in [6.45, 7) is 1.94. The molecule has 0 saturated carbocycles. The van der Waals surface area contributed by atoms with Gasteiger partial charge in [-0.05, 0) is 54.4 Å². The maximum Gasteiger partial charge on any atom is 0.278 e. The van der Waals surface area contributed by atoms with Gasteiger partial charge in [0.2, 0.25) is 0 Å². The molecule has 1 aliphatic heterocycles. The number of halogens is 1. The summed E-state index contributed by atoms with van der Waals surface area (Å²) >= 11 is 6.17. The van der Waals surface area contributed by atoms with Crippen molar-refractivity contribution < 1.29 is 19.1 Å². The first-order valence-corrected chi connectivity index (χ1v) is 10.6. The Kier molecular flexibility index (Phi) is 6.33. The normalized spacial score (nSPS) is 13.5. The lowest BCUT2D eigenvalue weighted by Gasteiger charge is -2.15. The van der Waals surface area contributed by atoms with Crippen molar-refractivity contribution in [3.8, 4) is 11.5 Å². The highest BCUT2D eigenvalue weighted by atomic mass is 35.5. The monoisotopic (exact) mass is 463 g/mol. The lowest BCUT2D eigenvalue weighted by molar-refractivity contribution is -0.137. The minimum absolute atomic E-state index is 0.0506. The summed E-state index contributed by atoms with van der Waals surface area (Å²) in [6, 6.07) is 15.8. The van der Waals surface area contributed by atoms with Crippen molar-refractivity contribution in [2.45, 2.75) is 13.5 Å². The Morgan fingerprint density at radius 2 is 1.76 bits per heavy atom. The molecule has 2 heterocycles. The largest absolute Gasteiger partial charge is 0.493 e. The van der Waals surface area contributed by atoms with Crippen molar-refractivity contribution in [2.24, 2.45) is 0 Å². The van der Waals surface area contributed by atoms with E-state index in [2.05, 4.69) is 10.3 Å². The number of carbonyl (C=O) groups excluding carboxylic acids is 2. The lowest BCUT2D eigenvalue weighted by Crippen LogP contribution is -2.32. The van der Waals surface area contributed by atoms with Crippen LogP contribution in [0, 0.1) is 6.92 Å². The second-order valence-corrected chi connectivity index (χ2v) is 7.86. The summed E-state index contributed by atoms with van der Waals surface area (Å²) in [5.41, 5.74) is 3.03. The van der Waals surface area contributed by atoms with Crippen LogP contribution in [0.5, 0.6) is 11.5 Å². The fraction of sp³-hybridized carbons (Fsp3) is 0.160. The SMILES string of the molecule is COc1ccc(C2=C(Nc3cc(Cl)ccc3C)C(=O)N(Cc3ccccn3)C2=O)cc1OC. The number of nitrogens with one attached hydrogen (secondary N) is 1. The van der Waals surface area contributed by atoms with E-state index in [-0.39, 0.29) is 17.8 Å². The van der Waals surface area contributed by atoms with Crippen LogP contribution in [-0.4, -0.2) is 35.9 Å². The van der Waals surface area contributed by atoms with Crippen molar-refractivity contribution in [3.63, 3.8) is 0 Å². The van der Waals surface area contributed by atoms with Gasteiger partial charge in [0.1, 0.15) is 5.70 Å². The van der Waals surface area contributed by atoms with Gasteiger partial charge < -0.3 is 14.8 Å². The Morgan fingerprint density at radius 1 is 0.970 bits per heavy atom. The second kappa shape index (κ2) is 9.34. The molecule has 7 nitrogen and oxygen atoms in total. The first-order valence-electron chi connectivity index (χ1n) is 10.2. The van der Waals surface area contributed by atoms with Crippen molar-refractivity contribution in [3.05, 3.63) is 88.3 Å². The maximum atomic E-state index is 13.5. The Labute approximate surface area is 196 Å². The topological polar surface area (TPSA) is 80.8 Å². The van der Waals surface area contributed by atoms with Gasteiger partial charge in [0, 0.05) is 16.9 Å². The number of rotatable bonds is 7. The summed E-state index contributed by atoms with van der Waals surface area (Å²) < 4.78 is 10.7. The summed E-state index contributed by atoms with van der Waals surface area (Å²) in [5.74, 6) is 0.0863. The quantitative estimate of drug-likeness (QED) is 0.521. The molecule has 0 bridgehead atoms. The fourth-order valence-electron chi connectivity index (χ4n) is 3.61. The molecular formula is C25H22ClN3O4. The average Bonchev–Trinajstić information content (AvgIpc) is 3.05. The van der Waals surface area contributed by atoms with E-state index in [0.717, 1.165) is 5.56 Å². The molecule has 0 radical (unpaired) electrons. The minimum atomic E-state index is -0.449. The molecule has 0 aliphatic carbocycles. The van der Waals surface area contributed by atoms with Crippen LogP contribution in [0.1, 0.15) is 16.8 Å². The zero-order valence-corrected chi connectivity index (χ0v) is 19.1. The van der Waals surface area contributed by atoms with Gasteiger partial charge in [-0.2, -0.15) is 0 Å². The van der Waals surface area contributed by atoms with Crippen molar-refractivity contribution >= 4 is 34.7 Å². The molecule has 1 N–H and O–H groups in total. The van der Waals surface area contributed by atoms with Crippen LogP contribution in [-0.2, 0) is 16.1 Å². The number of aromatic nitrogens is 1. The molecular weight excluding hydrogens is 442 g/mol. The van der Waals surface area contributed by atoms with Gasteiger partial charge >= 0.3 is 0 Å². The van der Waals surface area contributed by atoms with Gasteiger partial charge in [-0.15, -0.1) is 0 Å². The number of hydrogen-bond donors (Lipinski definition) is 1. The number of carbonyl (C=O) groups is 2. The van der Waals surface area contributed by atoms with Gasteiger partial charge in [0.25, 0.3) is 11.8 Å². The summed E-state index contributed by atoms with van der Waals surface area (Å²) in [6.07, 6.45) is 1.62. The molecule has 1 aliphatic rings. The van der Waals surface area contributed by atoms with E-state index < -0.39 is 11.8 Å². The Balaban J connectivity index is 1.81. The number of methoxy groups -OCH3 is 2. The van der Waals surface area contributed by atoms with Crippen molar-refractivity contribution in [1.82, 2.24) is 9.88 Å². The van der Waals surface area contributed by atoms with Crippen LogP contribution in [0.15, 0.2) is 66.5 Å². The molecule has 2 amide bonds. The first kappa shape index (κ1) is 22.4. The summed E-state index contributed by atoms with van der Waals surface area (Å²) in [5, 5.41) is 3.66. The number of ether oxygens (including phenoxy) is 2. The number of nitrogens with zero attached hydrogens (tertiary/aromatic N) is 2. The van der Waals surface area contributed by atoms with Gasteiger partial charge in [-0.1, -0.05) is 29.8 Å². The highest BCUT2D eigenvalue weighted by Gasteiger charge is 2.39. The number of amides is 2. The minimum Gasteiger partial charge on any atom is -0.493 e. The highest BCUT2D eigenvalue weighted by molar-refractivity contribution is 6.36. The van der Waals surface area contributed by atoms with Gasteiger partial charge in [0.05, 0.1) is 32.0 Å². The molecule has 1 aromatic heterocycles. The van der Waals surface area contributed by atoms with Crippen LogP contribution in [0.2, 0.25) is 5.02 Å². The molecule has 0 atom stereocenters. The van der Waals surface area contributed by atoms with Crippen LogP contribution < -0.4 is 14.8 Å².